The summed E-state index contributed by atoms with van der Waals surface area (Å²) in [5.74, 6) is -0.0860. The van der Waals surface area contributed by atoms with Crippen LogP contribution in [0.5, 0.6) is 0 Å². The average molecular weight is 162 g/mol. The first-order valence-electron chi connectivity index (χ1n) is 3.72. The summed E-state index contributed by atoms with van der Waals surface area (Å²) in [5, 5.41) is 17.7. The quantitative estimate of drug-likeness (QED) is 0.399. The number of rotatable bonds is 4. The molecule has 0 aliphatic heterocycles. The van der Waals surface area contributed by atoms with E-state index in [0.29, 0.717) is 6.42 Å². The Morgan fingerprint density at radius 1 is 1.55 bits per heavy atom. The minimum atomic E-state index is -0.857. The Hall–Kier alpha value is -0.160. The molecule has 0 saturated heterocycles. The van der Waals surface area contributed by atoms with E-state index in [-0.39, 0.29) is 12.5 Å². The number of hydrogen-bond acceptors (Lipinski definition) is 4. The number of aliphatic hydroxyl groups excluding tert-OH is 2. The standard InChI is InChI=1S/C7H18N2O2/c1-5(6(8)11)3-7(2,9)4-10/h5-6,10-11H,3-4,8-9H2,1-2H3. The average Bonchev–Trinajstić information content (AvgIpc) is 1.87. The fourth-order valence-electron chi connectivity index (χ4n) is 0.921. The summed E-state index contributed by atoms with van der Waals surface area (Å²) in [6.45, 7) is 3.43. The molecule has 4 nitrogen and oxygen atoms in total. The lowest BCUT2D eigenvalue weighted by Gasteiger charge is -2.26. The van der Waals surface area contributed by atoms with E-state index in [9.17, 15) is 0 Å². The zero-order chi connectivity index (χ0) is 9.07. The Balaban J connectivity index is 3.83. The van der Waals surface area contributed by atoms with Gasteiger partial charge in [-0.25, -0.2) is 0 Å². The van der Waals surface area contributed by atoms with Crippen molar-refractivity contribution >= 4 is 0 Å². The van der Waals surface area contributed by atoms with Crippen molar-refractivity contribution in [1.29, 1.82) is 0 Å². The largest absolute Gasteiger partial charge is 0.394 e. The summed E-state index contributed by atoms with van der Waals surface area (Å²) >= 11 is 0. The molecular weight excluding hydrogens is 144 g/mol. The van der Waals surface area contributed by atoms with Gasteiger partial charge in [-0.1, -0.05) is 6.92 Å². The fraction of sp³-hybridized carbons (Fsp3) is 1.00. The Kier molecular flexibility index (Phi) is 3.96. The van der Waals surface area contributed by atoms with Crippen LogP contribution in [0.1, 0.15) is 20.3 Å². The molecule has 3 atom stereocenters. The summed E-state index contributed by atoms with van der Waals surface area (Å²) in [7, 11) is 0. The molecule has 0 radical (unpaired) electrons. The van der Waals surface area contributed by atoms with Gasteiger partial charge in [0, 0.05) is 5.54 Å². The van der Waals surface area contributed by atoms with E-state index in [1.54, 1.807) is 13.8 Å². The van der Waals surface area contributed by atoms with Crippen LogP contribution in [0.3, 0.4) is 0 Å². The van der Waals surface area contributed by atoms with Crippen molar-refractivity contribution in [3.8, 4) is 0 Å². The van der Waals surface area contributed by atoms with E-state index in [2.05, 4.69) is 0 Å². The van der Waals surface area contributed by atoms with E-state index < -0.39 is 11.8 Å². The van der Waals surface area contributed by atoms with Gasteiger partial charge in [-0.2, -0.15) is 0 Å². The molecule has 0 aromatic rings. The van der Waals surface area contributed by atoms with Crippen molar-refractivity contribution in [2.45, 2.75) is 32.0 Å². The molecular formula is C7H18N2O2. The SMILES string of the molecule is CC(CC(C)(N)CO)C(N)O. The predicted molar refractivity (Wildman–Crippen MR) is 43.7 cm³/mol. The second-order valence-electron chi connectivity index (χ2n) is 3.48. The van der Waals surface area contributed by atoms with Crippen molar-refractivity contribution < 1.29 is 10.2 Å². The smallest absolute Gasteiger partial charge is 0.105 e. The van der Waals surface area contributed by atoms with Crippen molar-refractivity contribution in [3.63, 3.8) is 0 Å². The van der Waals surface area contributed by atoms with Crippen molar-refractivity contribution in [3.05, 3.63) is 0 Å². The first kappa shape index (κ1) is 10.8. The minimum Gasteiger partial charge on any atom is -0.394 e. The van der Waals surface area contributed by atoms with Crippen LogP contribution in [0.2, 0.25) is 0 Å². The van der Waals surface area contributed by atoms with Gasteiger partial charge in [-0.05, 0) is 19.3 Å². The van der Waals surface area contributed by atoms with Gasteiger partial charge < -0.3 is 21.7 Å². The van der Waals surface area contributed by atoms with E-state index >= 15 is 0 Å². The van der Waals surface area contributed by atoms with Gasteiger partial charge in [0.05, 0.1) is 6.61 Å². The van der Waals surface area contributed by atoms with Crippen LogP contribution in [0.25, 0.3) is 0 Å². The van der Waals surface area contributed by atoms with E-state index in [1.807, 2.05) is 0 Å². The van der Waals surface area contributed by atoms with Crippen LogP contribution in [0.4, 0.5) is 0 Å². The molecule has 3 unspecified atom stereocenters. The van der Waals surface area contributed by atoms with Crippen molar-refractivity contribution in [2.75, 3.05) is 6.61 Å². The highest BCUT2D eigenvalue weighted by Crippen LogP contribution is 2.14. The van der Waals surface area contributed by atoms with Gasteiger partial charge in [-0.15, -0.1) is 0 Å². The molecule has 0 aromatic carbocycles. The molecule has 0 heterocycles. The van der Waals surface area contributed by atoms with E-state index in [0.717, 1.165) is 0 Å². The van der Waals surface area contributed by atoms with Gasteiger partial charge in [0.25, 0.3) is 0 Å². The molecule has 6 N–H and O–H groups in total. The van der Waals surface area contributed by atoms with Gasteiger partial charge in [0.2, 0.25) is 0 Å². The number of hydrogen-bond donors (Lipinski definition) is 4. The highest BCUT2D eigenvalue weighted by molar-refractivity contribution is 4.80. The third kappa shape index (κ3) is 4.31. The van der Waals surface area contributed by atoms with Gasteiger partial charge in [0.15, 0.2) is 0 Å². The van der Waals surface area contributed by atoms with Crippen LogP contribution in [0.15, 0.2) is 0 Å². The molecule has 68 valence electrons. The molecule has 0 rings (SSSR count). The fourth-order valence-corrected chi connectivity index (χ4v) is 0.921. The van der Waals surface area contributed by atoms with Gasteiger partial charge in [-0.3, -0.25) is 0 Å². The maximum Gasteiger partial charge on any atom is 0.105 e. The van der Waals surface area contributed by atoms with Crippen LogP contribution < -0.4 is 11.5 Å². The highest BCUT2D eigenvalue weighted by Gasteiger charge is 2.22. The molecule has 0 amide bonds. The second-order valence-corrected chi connectivity index (χ2v) is 3.48. The summed E-state index contributed by atoms with van der Waals surface area (Å²) in [4.78, 5) is 0. The van der Waals surface area contributed by atoms with E-state index in [1.165, 1.54) is 0 Å². The van der Waals surface area contributed by atoms with Crippen molar-refractivity contribution in [2.24, 2.45) is 17.4 Å². The predicted octanol–water partition coefficient (Wildman–Crippen LogP) is -1.00. The number of aliphatic hydroxyl groups is 2. The second kappa shape index (κ2) is 4.01. The summed E-state index contributed by atoms with van der Waals surface area (Å²) in [6.07, 6.45) is -0.342. The zero-order valence-corrected chi connectivity index (χ0v) is 7.12. The molecule has 0 bridgehead atoms. The van der Waals surface area contributed by atoms with Crippen LogP contribution in [-0.2, 0) is 0 Å². The molecule has 0 saturated carbocycles. The topological polar surface area (TPSA) is 92.5 Å². The molecule has 0 spiro atoms. The normalized spacial score (nSPS) is 22.4. The third-order valence-electron chi connectivity index (χ3n) is 1.73. The lowest BCUT2D eigenvalue weighted by Crippen LogP contribution is -2.44. The lowest BCUT2D eigenvalue weighted by molar-refractivity contribution is 0.0905. The first-order chi connectivity index (χ1) is 4.89. The molecule has 11 heavy (non-hydrogen) atoms. The summed E-state index contributed by atoms with van der Waals surface area (Å²) in [5.41, 5.74) is 10.2. The lowest BCUT2D eigenvalue weighted by atomic mass is 9.91. The minimum absolute atomic E-state index is 0.0860. The van der Waals surface area contributed by atoms with Gasteiger partial charge in [0.1, 0.15) is 6.23 Å². The molecule has 0 aromatic heterocycles. The monoisotopic (exact) mass is 162 g/mol. The maximum absolute atomic E-state index is 8.92. The molecule has 0 fully saturated rings. The maximum atomic E-state index is 8.92. The Labute approximate surface area is 67.2 Å². The van der Waals surface area contributed by atoms with Crippen LogP contribution in [0, 0.1) is 5.92 Å². The van der Waals surface area contributed by atoms with Crippen molar-refractivity contribution in [1.82, 2.24) is 0 Å². The highest BCUT2D eigenvalue weighted by atomic mass is 16.3. The molecule has 4 heteroatoms. The zero-order valence-electron chi connectivity index (χ0n) is 7.12. The summed E-state index contributed by atoms with van der Waals surface area (Å²) < 4.78 is 0. The Morgan fingerprint density at radius 3 is 2.27 bits per heavy atom. The van der Waals surface area contributed by atoms with Crippen LogP contribution in [-0.4, -0.2) is 28.6 Å². The first-order valence-corrected chi connectivity index (χ1v) is 3.72. The summed E-state index contributed by atoms with van der Waals surface area (Å²) in [6, 6.07) is 0. The Morgan fingerprint density at radius 2 is 2.00 bits per heavy atom. The molecule has 0 aliphatic rings. The van der Waals surface area contributed by atoms with Crippen LogP contribution >= 0.6 is 0 Å². The third-order valence-corrected chi connectivity index (χ3v) is 1.73. The number of nitrogens with two attached hydrogens (primary N) is 2. The molecule has 0 aliphatic carbocycles. The van der Waals surface area contributed by atoms with E-state index in [4.69, 9.17) is 21.7 Å². The Bertz CT molecular complexity index is 115. The van der Waals surface area contributed by atoms with Gasteiger partial charge >= 0.3 is 0 Å².